The number of sulfonamides is 1. The highest BCUT2D eigenvalue weighted by molar-refractivity contribution is 7.89. The van der Waals surface area contributed by atoms with Crippen LogP contribution in [0.1, 0.15) is 13.8 Å². The van der Waals surface area contributed by atoms with Gasteiger partial charge in [-0.2, -0.15) is 4.98 Å². The zero-order valence-corrected chi connectivity index (χ0v) is 15.7. The summed E-state index contributed by atoms with van der Waals surface area (Å²) in [6.45, 7) is 3.64. The van der Waals surface area contributed by atoms with Gasteiger partial charge < -0.3 is 20.3 Å². The standard InChI is InChI=1S/C17H21N3O6S/c1-11(2)9-19-27(24,25)14-8-12(6-7-13(14)21)26-16-5-3-4-15(20-16)18-10-17(22)23/h3-8,11,19,21H,9-10H2,1-2H3,(H,18,20)(H,22,23). The fraction of sp³-hybridized carbons (Fsp3) is 0.294. The molecule has 2 rings (SSSR count). The molecule has 0 saturated carbocycles. The van der Waals surface area contributed by atoms with Gasteiger partial charge in [0.25, 0.3) is 0 Å². The van der Waals surface area contributed by atoms with E-state index < -0.39 is 21.7 Å². The molecule has 0 aliphatic heterocycles. The highest BCUT2D eigenvalue weighted by atomic mass is 32.2. The molecule has 9 nitrogen and oxygen atoms in total. The zero-order valence-electron chi connectivity index (χ0n) is 14.8. The lowest BCUT2D eigenvalue weighted by molar-refractivity contribution is -0.134. The van der Waals surface area contributed by atoms with Crippen molar-refractivity contribution in [3.05, 3.63) is 36.4 Å². The quantitative estimate of drug-likeness (QED) is 0.506. The maximum atomic E-state index is 12.4. The molecule has 1 heterocycles. The van der Waals surface area contributed by atoms with Gasteiger partial charge in [-0.3, -0.25) is 4.79 Å². The first-order valence-electron chi connectivity index (χ1n) is 8.10. The van der Waals surface area contributed by atoms with Crippen LogP contribution in [0.2, 0.25) is 0 Å². The van der Waals surface area contributed by atoms with E-state index in [9.17, 15) is 18.3 Å². The molecule has 0 aliphatic carbocycles. The van der Waals surface area contributed by atoms with Crippen LogP contribution >= 0.6 is 0 Å². The van der Waals surface area contributed by atoms with E-state index in [-0.39, 0.29) is 35.5 Å². The number of nitrogens with zero attached hydrogens (tertiary/aromatic N) is 1. The molecule has 0 aliphatic rings. The van der Waals surface area contributed by atoms with Gasteiger partial charge in [-0.15, -0.1) is 0 Å². The molecule has 0 atom stereocenters. The normalized spacial score (nSPS) is 11.4. The van der Waals surface area contributed by atoms with Gasteiger partial charge in [-0.25, -0.2) is 13.1 Å². The third-order valence-corrected chi connectivity index (χ3v) is 4.72. The number of anilines is 1. The van der Waals surface area contributed by atoms with Crippen LogP contribution in [0.4, 0.5) is 5.82 Å². The number of benzene rings is 1. The van der Waals surface area contributed by atoms with Gasteiger partial charge in [-0.1, -0.05) is 19.9 Å². The predicted molar refractivity (Wildman–Crippen MR) is 98.6 cm³/mol. The van der Waals surface area contributed by atoms with Crippen molar-refractivity contribution < 1.29 is 28.2 Å². The van der Waals surface area contributed by atoms with Gasteiger partial charge in [0, 0.05) is 18.7 Å². The molecule has 146 valence electrons. The molecule has 4 N–H and O–H groups in total. The molecule has 2 aromatic rings. The summed E-state index contributed by atoms with van der Waals surface area (Å²) in [5.41, 5.74) is 0. The topological polar surface area (TPSA) is 138 Å². The first-order chi connectivity index (χ1) is 12.7. The molecule has 10 heteroatoms. The SMILES string of the molecule is CC(C)CNS(=O)(=O)c1cc(Oc2cccc(NCC(=O)O)n2)ccc1O. The predicted octanol–water partition coefficient (Wildman–Crippen LogP) is 2.01. The molecule has 0 saturated heterocycles. The number of phenols is 1. The molecule has 1 aromatic carbocycles. The van der Waals surface area contributed by atoms with Crippen LogP contribution in [0.25, 0.3) is 0 Å². The third kappa shape index (κ3) is 6.12. The summed E-state index contributed by atoms with van der Waals surface area (Å²) in [5, 5.41) is 21.2. The van der Waals surface area contributed by atoms with Crippen molar-refractivity contribution in [1.82, 2.24) is 9.71 Å². The van der Waals surface area contributed by atoms with E-state index in [0.717, 1.165) is 0 Å². The molecule has 0 bridgehead atoms. The van der Waals surface area contributed by atoms with E-state index in [0.29, 0.717) is 5.82 Å². The van der Waals surface area contributed by atoms with Gasteiger partial charge in [0.05, 0.1) is 0 Å². The maximum Gasteiger partial charge on any atom is 0.322 e. The molecule has 0 fully saturated rings. The maximum absolute atomic E-state index is 12.4. The Labute approximate surface area is 157 Å². The second kappa shape index (κ2) is 8.69. The summed E-state index contributed by atoms with van der Waals surface area (Å²) in [7, 11) is -3.91. The van der Waals surface area contributed by atoms with Crippen LogP contribution in [0.3, 0.4) is 0 Å². The van der Waals surface area contributed by atoms with Crippen LogP contribution in [0, 0.1) is 5.92 Å². The van der Waals surface area contributed by atoms with Crippen molar-refractivity contribution in [2.24, 2.45) is 5.92 Å². The number of ether oxygens (including phenoxy) is 1. The molecule has 0 spiro atoms. The van der Waals surface area contributed by atoms with E-state index >= 15 is 0 Å². The van der Waals surface area contributed by atoms with Crippen LogP contribution in [0.15, 0.2) is 41.3 Å². The minimum atomic E-state index is -3.91. The lowest BCUT2D eigenvalue weighted by Gasteiger charge is -2.12. The number of aromatic hydroxyl groups is 1. The molecule has 27 heavy (non-hydrogen) atoms. The minimum absolute atomic E-state index is 0.103. The summed E-state index contributed by atoms with van der Waals surface area (Å²) in [5.74, 6) is -0.754. The highest BCUT2D eigenvalue weighted by Crippen LogP contribution is 2.29. The number of hydrogen-bond donors (Lipinski definition) is 4. The molecule has 1 aromatic heterocycles. The number of carboxylic acids is 1. The average Bonchev–Trinajstić information content (AvgIpc) is 2.60. The first-order valence-corrected chi connectivity index (χ1v) is 9.59. The van der Waals surface area contributed by atoms with Crippen LogP contribution in [-0.4, -0.2) is 42.7 Å². The second-order valence-corrected chi connectivity index (χ2v) is 7.82. The molecule has 0 amide bonds. The molecular formula is C17H21N3O6S. The van der Waals surface area contributed by atoms with E-state index in [4.69, 9.17) is 9.84 Å². The number of carboxylic acid groups (broad SMARTS) is 1. The smallest absolute Gasteiger partial charge is 0.322 e. The molecular weight excluding hydrogens is 374 g/mol. The van der Waals surface area contributed by atoms with Gasteiger partial charge in [0.1, 0.15) is 28.8 Å². The number of phenolic OH excluding ortho intramolecular Hbond substituents is 1. The average molecular weight is 395 g/mol. The monoisotopic (exact) mass is 395 g/mol. The number of carbonyl (C=O) groups is 1. The van der Waals surface area contributed by atoms with Crippen molar-refractivity contribution in [2.75, 3.05) is 18.4 Å². The van der Waals surface area contributed by atoms with Gasteiger partial charge in [0.2, 0.25) is 15.9 Å². The van der Waals surface area contributed by atoms with E-state index in [2.05, 4.69) is 15.0 Å². The Morgan fingerprint density at radius 1 is 1.26 bits per heavy atom. The Morgan fingerprint density at radius 3 is 2.67 bits per heavy atom. The fourth-order valence-electron chi connectivity index (χ4n) is 1.98. The van der Waals surface area contributed by atoms with Crippen molar-refractivity contribution >= 4 is 21.8 Å². The number of nitrogens with one attached hydrogen (secondary N) is 2. The van der Waals surface area contributed by atoms with Crippen LogP contribution in [0.5, 0.6) is 17.4 Å². The van der Waals surface area contributed by atoms with Gasteiger partial charge in [-0.05, 0) is 24.1 Å². The number of aromatic nitrogens is 1. The highest BCUT2D eigenvalue weighted by Gasteiger charge is 2.20. The first kappa shape index (κ1) is 20.5. The Bertz CT molecular complexity index is 915. The summed E-state index contributed by atoms with van der Waals surface area (Å²) >= 11 is 0. The van der Waals surface area contributed by atoms with Crippen molar-refractivity contribution in [3.63, 3.8) is 0 Å². The third-order valence-electron chi connectivity index (χ3n) is 3.27. The Kier molecular flexibility index (Phi) is 6.59. The van der Waals surface area contributed by atoms with Crippen LogP contribution in [-0.2, 0) is 14.8 Å². The Morgan fingerprint density at radius 2 is 2.00 bits per heavy atom. The van der Waals surface area contributed by atoms with Crippen molar-refractivity contribution in [1.29, 1.82) is 0 Å². The number of aliphatic carboxylic acids is 1. The van der Waals surface area contributed by atoms with E-state index in [1.54, 1.807) is 12.1 Å². The Hall–Kier alpha value is -2.85. The number of rotatable bonds is 9. The summed E-state index contributed by atoms with van der Waals surface area (Å²) in [4.78, 5) is 14.4. The van der Waals surface area contributed by atoms with Gasteiger partial charge in [0.15, 0.2) is 0 Å². The zero-order chi connectivity index (χ0) is 20.0. The van der Waals surface area contributed by atoms with E-state index in [1.807, 2.05) is 13.8 Å². The fourth-order valence-corrected chi connectivity index (χ4v) is 3.31. The van der Waals surface area contributed by atoms with Crippen molar-refractivity contribution in [3.8, 4) is 17.4 Å². The number of hydrogen-bond acceptors (Lipinski definition) is 7. The van der Waals surface area contributed by atoms with Crippen LogP contribution < -0.4 is 14.8 Å². The van der Waals surface area contributed by atoms with E-state index in [1.165, 1.54) is 24.3 Å². The minimum Gasteiger partial charge on any atom is -0.507 e. The number of pyridine rings is 1. The summed E-state index contributed by atoms with van der Waals surface area (Å²) < 4.78 is 32.7. The summed E-state index contributed by atoms with van der Waals surface area (Å²) in [6.07, 6.45) is 0. The largest absolute Gasteiger partial charge is 0.507 e. The van der Waals surface area contributed by atoms with Gasteiger partial charge >= 0.3 is 5.97 Å². The molecule has 0 radical (unpaired) electrons. The lowest BCUT2D eigenvalue weighted by atomic mass is 10.2. The Balaban J connectivity index is 2.21. The second-order valence-electron chi connectivity index (χ2n) is 6.09. The lowest BCUT2D eigenvalue weighted by Crippen LogP contribution is -2.27. The molecule has 0 unspecified atom stereocenters. The summed E-state index contributed by atoms with van der Waals surface area (Å²) in [6, 6.07) is 8.51. The van der Waals surface area contributed by atoms with Crippen molar-refractivity contribution in [2.45, 2.75) is 18.7 Å².